The van der Waals surface area contributed by atoms with Gasteiger partial charge >= 0.3 is 6.09 Å². The van der Waals surface area contributed by atoms with Crippen molar-refractivity contribution in [2.45, 2.75) is 26.0 Å². The van der Waals surface area contributed by atoms with Gasteiger partial charge in [-0.15, -0.1) is 0 Å². The molecule has 1 fully saturated rings. The first-order valence-electron chi connectivity index (χ1n) is 12.7. The Labute approximate surface area is 221 Å². The smallest absolute Gasteiger partial charge is 0.410 e. The molecule has 7 nitrogen and oxygen atoms in total. The Bertz CT molecular complexity index is 1500. The van der Waals surface area contributed by atoms with E-state index in [-0.39, 0.29) is 24.2 Å². The number of nitrogens with zero attached hydrogens (tertiary/aromatic N) is 4. The number of carbonyl (C=O) groups is 1. The van der Waals surface area contributed by atoms with Crippen molar-refractivity contribution in [1.82, 2.24) is 14.5 Å². The van der Waals surface area contributed by atoms with Crippen molar-refractivity contribution in [2.24, 2.45) is 5.92 Å². The van der Waals surface area contributed by atoms with Gasteiger partial charge in [-0.2, -0.15) is 5.26 Å². The summed E-state index contributed by atoms with van der Waals surface area (Å²) in [6, 6.07) is 26.5. The molecule has 190 valence electrons. The zero-order valence-electron chi connectivity index (χ0n) is 21.0. The summed E-state index contributed by atoms with van der Waals surface area (Å²) in [7, 11) is 0. The zero-order chi connectivity index (χ0) is 26.3. The summed E-state index contributed by atoms with van der Waals surface area (Å²) in [5.74, 6) is 0.226. The highest BCUT2D eigenvalue weighted by atomic mass is 16.6. The van der Waals surface area contributed by atoms with Crippen molar-refractivity contribution in [2.75, 3.05) is 13.1 Å². The third-order valence-electron chi connectivity index (χ3n) is 6.92. The number of ether oxygens (including phenoxy) is 1. The maximum atomic E-state index is 13.6. The van der Waals surface area contributed by atoms with Gasteiger partial charge in [0.2, 0.25) is 0 Å². The zero-order valence-corrected chi connectivity index (χ0v) is 21.0. The van der Waals surface area contributed by atoms with Crippen molar-refractivity contribution in [3.63, 3.8) is 0 Å². The van der Waals surface area contributed by atoms with E-state index >= 15 is 0 Å². The molecule has 7 heteroatoms. The fourth-order valence-electron chi connectivity index (χ4n) is 4.84. The lowest BCUT2D eigenvalue weighted by Crippen LogP contribution is -2.40. The number of benzene rings is 2. The first-order valence-corrected chi connectivity index (χ1v) is 12.7. The minimum absolute atomic E-state index is 0.142. The summed E-state index contributed by atoms with van der Waals surface area (Å²) in [5, 5.41) is 9.65. The largest absolute Gasteiger partial charge is 0.445 e. The minimum atomic E-state index is -0.308. The fourth-order valence-corrected chi connectivity index (χ4v) is 4.84. The van der Waals surface area contributed by atoms with Crippen LogP contribution >= 0.6 is 0 Å². The molecule has 0 atom stereocenters. The summed E-state index contributed by atoms with van der Waals surface area (Å²) >= 11 is 0. The molecule has 0 saturated carbocycles. The first kappa shape index (κ1) is 25.0. The van der Waals surface area contributed by atoms with E-state index in [1.54, 1.807) is 33.9 Å². The van der Waals surface area contributed by atoms with Crippen molar-refractivity contribution in [3.05, 3.63) is 113 Å². The number of carbonyl (C=O) groups excluding carboxylic acids is 1. The molecule has 5 rings (SSSR count). The maximum absolute atomic E-state index is 13.6. The quantitative estimate of drug-likeness (QED) is 0.346. The number of amides is 1. The molecule has 1 aliphatic heterocycles. The normalized spacial score (nSPS) is 13.6. The Morgan fingerprint density at radius 3 is 2.45 bits per heavy atom. The molecule has 1 aliphatic rings. The van der Waals surface area contributed by atoms with Gasteiger partial charge in [0.15, 0.2) is 0 Å². The summed E-state index contributed by atoms with van der Waals surface area (Å²) in [6.07, 6.45) is 4.80. The van der Waals surface area contributed by atoms with Crippen LogP contribution in [0.4, 0.5) is 4.79 Å². The molecular weight excluding hydrogens is 476 g/mol. The lowest BCUT2D eigenvalue weighted by atomic mass is 9.96. The molecule has 2 aromatic heterocycles. The van der Waals surface area contributed by atoms with Gasteiger partial charge < -0.3 is 14.2 Å². The van der Waals surface area contributed by atoms with Gasteiger partial charge in [-0.05, 0) is 48.6 Å². The van der Waals surface area contributed by atoms with E-state index in [0.717, 1.165) is 29.7 Å². The molecule has 0 N–H and O–H groups in total. The third kappa shape index (κ3) is 5.65. The summed E-state index contributed by atoms with van der Waals surface area (Å²) in [4.78, 5) is 32.4. The molecule has 0 unspecified atom stereocenters. The average molecular weight is 505 g/mol. The molecule has 1 amide bonds. The molecule has 0 bridgehead atoms. The average Bonchev–Trinajstić information content (AvgIpc) is 2.98. The monoisotopic (exact) mass is 504 g/mol. The van der Waals surface area contributed by atoms with Crippen LogP contribution < -0.4 is 5.56 Å². The minimum Gasteiger partial charge on any atom is -0.445 e. The number of piperidine rings is 1. The van der Waals surface area contributed by atoms with E-state index in [0.29, 0.717) is 36.3 Å². The number of nitriles is 1. The Morgan fingerprint density at radius 1 is 0.974 bits per heavy atom. The second kappa shape index (κ2) is 11.6. The number of aromatic nitrogens is 2. The van der Waals surface area contributed by atoms with E-state index in [1.165, 1.54) is 0 Å². The molecule has 0 radical (unpaired) electrons. The molecule has 0 aliphatic carbocycles. The Hall–Kier alpha value is -4.70. The van der Waals surface area contributed by atoms with Gasteiger partial charge in [-0.1, -0.05) is 54.6 Å². The van der Waals surface area contributed by atoms with Gasteiger partial charge in [0.05, 0.1) is 17.3 Å². The van der Waals surface area contributed by atoms with E-state index in [4.69, 9.17) is 4.74 Å². The molecule has 4 aromatic rings. The number of pyridine rings is 2. The van der Waals surface area contributed by atoms with Crippen LogP contribution in [-0.4, -0.2) is 33.6 Å². The first-order chi connectivity index (χ1) is 18.6. The van der Waals surface area contributed by atoms with Gasteiger partial charge in [-0.3, -0.25) is 9.78 Å². The van der Waals surface area contributed by atoms with Crippen LogP contribution in [0.3, 0.4) is 0 Å². The maximum Gasteiger partial charge on any atom is 0.410 e. The van der Waals surface area contributed by atoms with Crippen molar-refractivity contribution in [3.8, 4) is 28.5 Å². The standard InChI is InChI=1S/C31H28N4O3/c32-19-25-10-4-5-11-27(25)28-18-26(29-12-6-7-15-33-29)21-35(30(28)36)20-23-13-16-34(17-14-23)31(37)38-22-24-8-2-1-3-9-24/h1-12,15,18,21,23H,13-14,16-17,20,22H2. The summed E-state index contributed by atoms with van der Waals surface area (Å²) in [5.41, 5.74) is 3.93. The van der Waals surface area contributed by atoms with E-state index in [2.05, 4.69) is 11.1 Å². The van der Waals surface area contributed by atoms with Crippen molar-refractivity contribution >= 4 is 6.09 Å². The topological polar surface area (TPSA) is 88.2 Å². The summed E-state index contributed by atoms with van der Waals surface area (Å²) in [6.45, 7) is 1.94. The Morgan fingerprint density at radius 2 is 1.71 bits per heavy atom. The van der Waals surface area contributed by atoms with E-state index in [1.807, 2.05) is 66.9 Å². The highest BCUT2D eigenvalue weighted by molar-refractivity contribution is 5.74. The fraction of sp³-hybridized carbons (Fsp3) is 0.226. The second-order valence-electron chi connectivity index (χ2n) is 9.44. The SMILES string of the molecule is N#Cc1ccccc1-c1cc(-c2ccccn2)cn(CC2CCN(C(=O)OCc3ccccc3)CC2)c1=O. The number of hydrogen-bond donors (Lipinski definition) is 0. The van der Waals surface area contributed by atoms with Crippen LogP contribution in [0, 0.1) is 17.2 Å². The van der Waals surface area contributed by atoms with Crippen LogP contribution in [0.25, 0.3) is 22.4 Å². The third-order valence-corrected chi connectivity index (χ3v) is 6.92. The molecule has 1 saturated heterocycles. The Balaban J connectivity index is 1.34. The molecule has 3 heterocycles. The van der Waals surface area contributed by atoms with Crippen molar-refractivity contribution in [1.29, 1.82) is 5.26 Å². The number of hydrogen-bond acceptors (Lipinski definition) is 5. The van der Waals surface area contributed by atoms with Gasteiger partial charge in [-0.25, -0.2) is 4.79 Å². The van der Waals surface area contributed by atoms with Crippen LogP contribution in [0.15, 0.2) is 96.1 Å². The van der Waals surface area contributed by atoms with Gasteiger partial charge in [0.25, 0.3) is 5.56 Å². The van der Waals surface area contributed by atoms with Gasteiger partial charge in [0, 0.05) is 48.7 Å². The summed E-state index contributed by atoms with van der Waals surface area (Å²) < 4.78 is 7.23. The van der Waals surface area contributed by atoms with E-state index in [9.17, 15) is 14.9 Å². The highest BCUT2D eigenvalue weighted by Gasteiger charge is 2.25. The van der Waals surface area contributed by atoms with E-state index < -0.39 is 0 Å². The second-order valence-corrected chi connectivity index (χ2v) is 9.44. The van der Waals surface area contributed by atoms with Crippen LogP contribution in [-0.2, 0) is 17.9 Å². The lowest BCUT2D eigenvalue weighted by molar-refractivity contribution is 0.0806. The molecule has 2 aromatic carbocycles. The highest BCUT2D eigenvalue weighted by Crippen LogP contribution is 2.26. The molecular formula is C31H28N4O3. The van der Waals surface area contributed by atoms with Crippen molar-refractivity contribution < 1.29 is 9.53 Å². The van der Waals surface area contributed by atoms with Crippen LogP contribution in [0.2, 0.25) is 0 Å². The Kier molecular flexibility index (Phi) is 7.60. The predicted molar refractivity (Wildman–Crippen MR) is 145 cm³/mol. The predicted octanol–water partition coefficient (Wildman–Crippen LogP) is 5.50. The van der Waals surface area contributed by atoms with Crippen LogP contribution in [0.1, 0.15) is 24.0 Å². The van der Waals surface area contributed by atoms with Crippen LogP contribution in [0.5, 0.6) is 0 Å². The van der Waals surface area contributed by atoms with Gasteiger partial charge in [0.1, 0.15) is 6.61 Å². The lowest BCUT2D eigenvalue weighted by Gasteiger charge is -2.31. The molecule has 0 spiro atoms. The molecule has 38 heavy (non-hydrogen) atoms. The number of rotatable bonds is 6. The number of likely N-dealkylation sites (tertiary alicyclic amines) is 1.